The Bertz CT molecular complexity index is 298. The first kappa shape index (κ1) is 8.90. The Labute approximate surface area is 70.2 Å². The van der Waals surface area contributed by atoms with E-state index < -0.39 is 11.4 Å². The van der Waals surface area contributed by atoms with Crippen LogP contribution in [0.5, 0.6) is 0 Å². The normalized spacial score (nSPS) is 11.7. The molecule has 1 aromatic heterocycles. The highest BCUT2D eigenvalue weighted by molar-refractivity contribution is 5.82. The van der Waals surface area contributed by atoms with Gasteiger partial charge in [0.25, 0.3) is 5.91 Å². The van der Waals surface area contributed by atoms with E-state index in [2.05, 4.69) is 5.10 Å². The molecule has 66 valence electrons. The Morgan fingerprint density at radius 3 is 2.50 bits per heavy atom. The standard InChI is InChI=1S/C8H11FN2O/c1-8(2,3)7(12)11-5-4-6(9)10-11/h4-5H,1-3H3. The van der Waals surface area contributed by atoms with E-state index >= 15 is 0 Å². The predicted octanol–water partition coefficient (Wildman–Crippen LogP) is 1.71. The molecule has 1 heterocycles. The van der Waals surface area contributed by atoms with Crippen LogP contribution in [-0.4, -0.2) is 15.7 Å². The van der Waals surface area contributed by atoms with Gasteiger partial charge in [-0.2, -0.15) is 4.39 Å². The summed E-state index contributed by atoms with van der Waals surface area (Å²) >= 11 is 0. The van der Waals surface area contributed by atoms with E-state index in [1.807, 2.05) is 0 Å². The van der Waals surface area contributed by atoms with Crippen LogP contribution in [-0.2, 0) is 0 Å². The molecule has 12 heavy (non-hydrogen) atoms. The molecule has 0 saturated heterocycles. The summed E-state index contributed by atoms with van der Waals surface area (Å²) in [6.07, 6.45) is 1.32. The second kappa shape index (κ2) is 2.69. The fourth-order valence-electron chi connectivity index (χ4n) is 0.758. The van der Waals surface area contributed by atoms with Crippen molar-refractivity contribution < 1.29 is 9.18 Å². The van der Waals surface area contributed by atoms with Gasteiger partial charge < -0.3 is 0 Å². The molecule has 0 atom stereocenters. The molecule has 0 aromatic carbocycles. The summed E-state index contributed by atoms with van der Waals surface area (Å²) in [6, 6.07) is 1.16. The van der Waals surface area contributed by atoms with Gasteiger partial charge in [-0.3, -0.25) is 4.79 Å². The molecule has 0 fully saturated rings. The molecule has 0 aliphatic carbocycles. The van der Waals surface area contributed by atoms with Crippen molar-refractivity contribution in [2.75, 3.05) is 0 Å². The van der Waals surface area contributed by atoms with Gasteiger partial charge in [0.2, 0.25) is 5.95 Å². The maximum Gasteiger partial charge on any atom is 0.252 e. The quantitative estimate of drug-likeness (QED) is 0.594. The molecule has 0 unspecified atom stereocenters. The molecule has 1 rings (SSSR count). The van der Waals surface area contributed by atoms with Gasteiger partial charge in [0.1, 0.15) is 0 Å². The lowest BCUT2D eigenvalue weighted by Gasteiger charge is -2.15. The Balaban J connectivity index is 2.93. The molecule has 0 amide bonds. The highest BCUT2D eigenvalue weighted by Crippen LogP contribution is 2.15. The summed E-state index contributed by atoms with van der Waals surface area (Å²) in [5.41, 5.74) is -0.529. The van der Waals surface area contributed by atoms with Crippen molar-refractivity contribution in [1.82, 2.24) is 9.78 Å². The fraction of sp³-hybridized carbons (Fsp3) is 0.500. The molecule has 0 radical (unpaired) electrons. The minimum absolute atomic E-state index is 0.216. The molecule has 0 bridgehead atoms. The first-order chi connectivity index (χ1) is 5.41. The van der Waals surface area contributed by atoms with Crippen LogP contribution in [0, 0.1) is 11.4 Å². The zero-order chi connectivity index (χ0) is 9.35. The fourth-order valence-corrected chi connectivity index (χ4v) is 0.758. The minimum Gasteiger partial charge on any atom is -0.272 e. The number of carbonyl (C=O) groups is 1. The van der Waals surface area contributed by atoms with Crippen LogP contribution in [0.1, 0.15) is 25.6 Å². The van der Waals surface area contributed by atoms with Crippen LogP contribution in [0.3, 0.4) is 0 Å². The third-order valence-electron chi connectivity index (χ3n) is 1.41. The van der Waals surface area contributed by atoms with Crippen molar-refractivity contribution in [1.29, 1.82) is 0 Å². The zero-order valence-electron chi connectivity index (χ0n) is 7.34. The van der Waals surface area contributed by atoms with E-state index in [1.165, 1.54) is 6.20 Å². The first-order valence-corrected chi connectivity index (χ1v) is 3.67. The summed E-state index contributed by atoms with van der Waals surface area (Å²) in [4.78, 5) is 11.4. The summed E-state index contributed by atoms with van der Waals surface area (Å²) in [5.74, 6) is -0.848. The van der Waals surface area contributed by atoms with E-state index in [0.717, 1.165) is 10.7 Å². The van der Waals surface area contributed by atoms with Crippen molar-refractivity contribution in [2.24, 2.45) is 5.41 Å². The second-order valence-electron chi connectivity index (χ2n) is 3.64. The van der Waals surface area contributed by atoms with E-state index in [0.29, 0.717) is 0 Å². The monoisotopic (exact) mass is 170 g/mol. The van der Waals surface area contributed by atoms with E-state index in [4.69, 9.17) is 0 Å². The topological polar surface area (TPSA) is 34.9 Å². The van der Waals surface area contributed by atoms with Crippen LogP contribution >= 0.6 is 0 Å². The summed E-state index contributed by atoms with van der Waals surface area (Å²) in [7, 11) is 0. The van der Waals surface area contributed by atoms with Crippen molar-refractivity contribution in [3.05, 3.63) is 18.2 Å². The summed E-state index contributed by atoms with van der Waals surface area (Å²) in [5, 5.41) is 3.38. The molecular weight excluding hydrogens is 159 g/mol. The van der Waals surface area contributed by atoms with Crippen LogP contribution in [0.2, 0.25) is 0 Å². The van der Waals surface area contributed by atoms with E-state index in [9.17, 15) is 9.18 Å². The van der Waals surface area contributed by atoms with Crippen LogP contribution in [0.4, 0.5) is 4.39 Å². The maximum absolute atomic E-state index is 12.4. The Morgan fingerprint density at radius 2 is 2.17 bits per heavy atom. The largest absolute Gasteiger partial charge is 0.272 e. The average molecular weight is 170 g/mol. The summed E-state index contributed by atoms with van der Waals surface area (Å²) in [6.45, 7) is 5.28. The molecule has 1 aromatic rings. The molecule has 0 aliphatic heterocycles. The zero-order valence-corrected chi connectivity index (χ0v) is 7.34. The Morgan fingerprint density at radius 1 is 1.58 bits per heavy atom. The second-order valence-corrected chi connectivity index (χ2v) is 3.64. The van der Waals surface area contributed by atoms with Gasteiger partial charge in [0, 0.05) is 17.7 Å². The number of nitrogens with zero attached hydrogens (tertiary/aromatic N) is 2. The van der Waals surface area contributed by atoms with Crippen LogP contribution in [0.15, 0.2) is 12.3 Å². The van der Waals surface area contributed by atoms with Gasteiger partial charge in [0.15, 0.2) is 0 Å². The molecule has 0 aliphatic rings. The van der Waals surface area contributed by atoms with E-state index in [1.54, 1.807) is 20.8 Å². The highest BCUT2D eigenvalue weighted by Gasteiger charge is 2.23. The number of rotatable bonds is 0. The molecule has 0 spiro atoms. The molecule has 0 saturated carbocycles. The average Bonchev–Trinajstić information content (AvgIpc) is 2.32. The van der Waals surface area contributed by atoms with Gasteiger partial charge in [-0.25, -0.2) is 4.68 Å². The highest BCUT2D eigenvalue weighted by atomic mass is 19.1. The van der Waals surface area contributed by atoms with Crippen molar-refractivity contribution >= 4 is 5.91 Å². The SMILES string of the molecule is CC(C)(C)C(=O)n1ccc(F)n1. The molecule has 3 nitrogen and oxygen atoms in total. The third kappa shape index (κ3) is 1.69. The summed E-state index contributed by atoms with van der Waals surface area (Å²) < 4.78 is 13.4. The smallest absolute Gasteiger partial charge is 0.252 e. The van der Waals surface area contributed by atoms with Crippen molar-refractivity contribution in [3.63, 3.8) is 0 Å². The lowest BCUT2D eigenvalue weighted by Crippen LogP contribution is -2.27. The number of hydrogen-bond acceptors (Lipinski definition) is 2. The number of hydrogen-bond donors (Lipinski definition) is 0. The van der Waals surface area contributed by atoms with Crippen LogP contribution in [0.25, 0.3) is 0 Å². The van der Waals surface area contributed by atoms with Gasteiger partial charge in [-0.15, -0.1) is 5.10 Å². The minimum atomic E-state index is -0.632. The maximum atomic E-state index is 12.4. The van der Waals surface area contributed by atoms with Gasteiger partial charge >= 0.3 is 0 Å². The van der Waals surface area contributed by atoms with Gasteiger partial charge in [-0.05, 0) is 0 Å². The Hall–Kier alpha value is -1.19. The first-order valence-electron chi connectivity index (χ1n) is 3.67. The van der Waals surface area contributed by atoms with Crippen molar-refractivity contribution in [2.45, 2.75) is 20.8 Å². The van der Waals surface area contributed by atoms with E-state index in [-0.39, 0.29) is 5.91 Å². The number of aromatic nitrogens is 2. The van der Waals surface area contributed by atoms with Gasteiger partial charge in [0.05, 0.1) is 0 Å². The lowest BCUT2D eigenvalue weighted by atomic mass is 9.96. The number of halogens is 1. The molecular formula is C8H11FN2O. The predicted molar refractivity (Wildman–Crippen MR) is 42.3 cm³/mol. The third-order valence-corrected chi connectivity index (χ3v) is 1.41. The lowest BCUT2D eigenvalue weighted by molar-refractivity contribution is 0.0746. The van der Waals surface area contributed by atoms with Crippen molar-refractivity contribution in [3.8, 4) is 0 Å². The van der Waals surface area contributed by atoms with Gasteiger partial charge in [-0.1, -0.05) is 20.8 Å². The molecule has 4 heteroatoms. The van der Waals surface area contributed by atoms with Crippen LogP contribution < -0.4 is 0 Å². The number of carbonyl (C=O) groups excluding carboxylic acids is 1. The molecule has 0 N–H and O–H groups in total. The Kier molecular flexibility index (Phi) is 2.00.